The normalized spacial score (nSPS) is 13.8. The van der Waals surface area contributed by atoms with Gasteiger partial charge in [-0.3, -0.25) is 9.69 Å². The van der Waals surface area contributed by atoms with Gasteiger partial charge in [0.1, 0.15) is 0 Å². The molecule has 0 aromatic heterocycles. The maximum absolute atomic E-state index is 11.9. The molecule has 6 heteroatoms. The van der Waals surface area contributed by atoms with Crippen LogP contribution in [-0.4, -0.2) is 43.0 Å². The molecular weight excluding hydrogens is 321 g/mol. The molecule has 0 unspecified atom stereocenters. The highest BCUT2D eigenvalue weighted by Gasteiger charge is 2.22. The lowest BCUT2D eigenvalue weighted by molar-refractivity contribution is -0.116. The van der Waals surface area contributed by atoms with Gasteiger partial charge in [-0.15, -0.1) is 24.8 Å². The highest BCUT2D eigenvalue weighted by molar-refractivity contribution is 5.90. The van der Waals surface area contributed by atoms with E-state index in [1.807, 2.05) is 31.2 Å². The second kappa shape index (κ2) is 10.8. The Morgan fingerprint density at radius 3 is 2.64 bits per heavy atom. The summed E-state index contributed by atoms with van der Waals surface area (Å²) in [7, 11) is 0. The van der Waals surface area contributed by atoms with E-state index in [0.29, 0.717) is 12.5 Å². The largest absolute Gasteiger partial charge is 0.326 e. The Morgan fingerprint density at radius 1 is 1.36 bits per heavy atom. The smallest absolute Gasteiger partial charge is 0.224 e. The zero-order valence-electron chi connectivity index (χ0n) is 13.3. The predicted molar refractivity (Wildman–Crippen MR) is 97.4 cm³/mol. The standard InChI is InChI=1S/C16H25N3O.2ClH/c1-3-19(15-11-17-12-15)9-5-8-16(20)18-14-7-4-6-13(2)10-14;;/h4,6-7,10,15,17H,3,5,8-9,11-12H2,1-2H3,(H,18,20);2*1H. The zero-order chi connectivity index (χ0) is 14.4. The van der Waals surface area contributed by atoms with E-state index in [1.165, 1.54) is 0 Å². The number of benzene rings is 1. The summed E-state index contributed by atoms with van der Waals surface area (Å²) in [5.41, 5.74) is 2.06. The molecule has 2 N–H and O–H groups in total. The third-order valence-corrected chi connectivity index (χ3v) is 3.83. The van der Waals surface area contributed by atoms with Gasteiger partial charge in [-0.05, 0) is 44.1 Å². The van der Waals surface area contributed by atoms with E-state index >= 15 is 0 Å². The van der Waals surface area contributed by atoms with Crippen LogP contribution in [0.4, 0.5) is 5.69 Å². The average molecular weight is 348 g/mol. The van der Waals surface area contributed by atoms with Crippen molar-refractivity contribution in [1.82, 2.24) is 10.2 Å². The Balaban J connectivity index is 0.00000220. The number of rotatable bonds is 7. The topological polar surface area (TPSA) is 44.4 Å². The van der Waals surface area contributed by atoms with E-state index in [4.69, 9.17) is 0 Å². The summed E-state index contributed by atoms with van der Waals surface area (Å²) in [5, 5.41) is 6.25. The first-order chi connectivity index (χ1) is 9.69. The van der Waals surface area contributed by atoms with Crippen molar-refractivity contribution in [2.24, 2.45) is 0 Å². The third-order valence-electron chi connectivity index (χ3n) is 3.83. The Kier molecular flexibility index (Phi) is 10.4. The molecule has 0 bridgehead atoms. The van der Waals surface area contributed by atoms with Gasteiger partial charge in [0.15, 0.2) is 0 Å². The van der Waals surface area contributed by atoms with Crippen LogP contribution >= 0.6 is 24.8 Å². The lowest BCUT2D eigenvalue weighted by Crippen LogP contribution is -2.57. The van der Waals surface area contributed by atoms with Gasteiger partial charge < -0.3 is 10.6 Å². The molecule has 4 nitrogen and oxygen atoms in total. The number of amides is 1. The molecule has 1 aromatic carbocycles. The monoisotopic (exact) mass is 347 g/mol. The van der Waals surface area contributed by atoms with Crippen LogP contribution in [0.1, 0.15) is 25.3 Å². The Bertz CT molecular complexity index is 453. The van der Waals surface area contributed by atoms with E-state index in [0.717, 1.165) is 43.9 Å². The number of carbonyl (C=O) groups is 1. The third kappa shape index (κ3) is 6.53. The Hall–Kier alpha value is -0.810. The minimum absolute atomic E-state index is 0. The van der Waals surface area contributed by atoms with Crippen LogP contribution in [0.2, 0.25) is 0 Å². The summed E-state index contributed by atoms with van der Waals surface area (Å²) in [6.45, 7) is 8.45. The van der Waals surface area contributed by atoms with Crippen molar-refractivity contribution in [2.75, 3.05) is 31.5 Å². The molecule has 0 atom stereocenters. The number of anilines is 1. The highest BCUT2D eigenvalue weighted by atomic mass is 35.5. The highest BCUT2D eigenvalue weighted by Crippen LogP contribution is 2.11. The van der Waals surface area contributed by atoms with Crippen LogP contribution in [0.5, 0.6) is 0 Å². The van der Waals surface area contributed by atoms with Crippen molar-refractivity contribution in [3.05, 3.63) is 29.8 Å². The second-order valence-electron chi connectivity index (χ2n) is 5.46. The minimum atomic E-state index is 0. The van der Waals surface area contributed by atoms with Gasteiger partial charge in [0.05, 0.1) is 0 Å². The van der Waals surface area contributed by atoms with E-state index < -0.39 is 0 Å². The van der Waals surface area contributed by atoms with Gasteiger partial charge in [-0.25, -0.2) is 0 Å². The SMILES string of the molecule is CCN(CCCC(=O)Nc1cccc(C)c1)C1CNC1.Cl.Cl. The number of nitrogens with zero attached hydrogens (tertiary/aromatic N) is 1. The van der Waals surface area contributed by atoms with E-state index in [2.05, 4.69) is 22.5 Å². The number of halogens is 2. The van der Waals surface area contributed by atoms with Crippen molar-refractivity contribution < 1.29 is 4.79 Å². The molecule has 1 aromatic rings. The molecule has 1 aliphatic heterocycles. The maximum Gasteiger partial charge on any atom is 0.224 e. The van der Waals surface area contributed by atoms with Crippen LogP contribution in [0.25, 0.3) is 0 Å². The van der Waals surface area contributed by atoms with Crippen LogP contribution in [-0.2, 0) is 4.79 Å². The molecule has 1 saturated heterocycles. The molecule has 22 heavy (non-hydrogen) atoms. The van der Waals surface area contributed by atoms with Crippen molar-refractivity contribution in [3.63, 3.8) is 0 Å². The van der Waals surface area contributed by atoms with Crippen LogP contribution in [0.15, 0.2) is 24.3 Å². The van der Waals surface area contributed by atoms with Crippen LogP contribution in [0.3, 0.4) is 0 Å². The number of hydrogen-bond acceptors (Lipinski definition) is 3. The zero-order valence-corrected chi connectivity index (χ0v) is 14.9. The summed E-state index contributed by atoms with van der Waals surface area (Å²) < 4.78 is 0. The molecule has 0 saturated carbocycles. The van der Waals surface area contributed by atoms with E-state index in [-0.39, 0.29) is 30.7 Å². The molecule has 1 amide bonds. The average Bonchev–Trinajstić information content (AvgIpc) is 2.35. The summed E-state index contributed by atoms with van der Waals surface area (Å²) >= 11 is 0. The van der Waals surface area contributed by atoms with Crippen molar-refractivity contribution in [2.45, 2.75) is 32.7 Å². The Labute approximate surface area is 145 Å². The molecule has 1 heterocycles. The quantitative estimate of drug-likeness (QED) is 0.796. The van der Waals surface area contributed by atoms with Gasteiger partial charge in [-0.2, -0.15) is 0 Å². The molecule has 126 valence electrons. The molecular formula is C16H27Cl2N3O. The molecule has 0 aliphatic carbocycles. The lowest BCUT2D eigenvalue weighted by atomic mass is 10.1. The van der Waals surface area contributed by atoms with E-state index in [1.54, 1.807) is 0 Å². The summed E-state index contributed by atoms with van der Waals surface area (Å²) in [5.74, 6) is 0.110. The van der Waals surface area contributed by atoms with Crippen molar-refractivity contribution >= 4 is 36.4 Å². The van der Waals surface area contributed by atoms with Crippen molar-refractivity contribution in [1.29, 1.82) is 0 Å². The van der Waals surface area contributed by atoms with Crippen LogP contribution in [0, 0.1) is 6.92 Å². The summed E-state index contributed by atoms with van der Waals surface area (Å²) in [6, 6.07) is 8.59. The fourth-order valence-electron chi connectivity index (χ4n) is 2.52. The van der Waals surface area contributed by atoms with Crippen molar-refractivity contribution in [3.8, 4) is 0 Å². The molecule has 0 spiro atoms. The molecule has 2 rings (SSSR count). The molecule has 1 fully saturated rings. The Morgan fingerprint density at radius 2 is 2.09 bits per heavy atom. The van der Waals surface area contributed by atoms with Gasteiger partial charge in [0.25, 0.3) is 0 Å². The van der Waals surface area contributed by atoms with Gasteiger partial charge in [-0.1, -0.05) is 19.1 Å². The lowest BCUT2D eigenvalue weighted by Gasteiger charge is -2.37. The van der Waals surface area contributed by atoms with Gasteiger partial charge in [0, 0.05) is 31.2 Å². The van der Waals surface area contributed by atoms with Gasteiger partial charge in [0.2, 0.25) is 5.91 Å². The fraction of sp³-hybridized carbons (Fsp3) is 0.562. The van der Waals surface area contributed by atoms with Crippen LogP contribution < -0.4 is 10.6 Å². The number of aryl methyl sites for hydroxylation is 1. The molecule has 1 aliphatic rings. The molecule has 0 radical (unpaired) electrons. The number of nitrogens with one attached hydrogen (secondary N) is 2. The fourth-order valence-corrected chi connectivity index (χ4v) is 2.52. The number of carbonyl (C=O) groups excluding carboxylic acids is 1. The summed E-state index contributed by atoms with van der Waals surface area (Å²) in [6.07, 6.45) is 1.51. The first-order valence-electron chi connectivity index (χ1n) is 7.50. The summed E-state index contributed by atoms with van der Waals surface area (Å²) in [4.78, 5) is 14.4. The first kappa shape index (κ1) is 21.2. The number of likely N-dealkylation sites (N-methyl/N-ethyl adjacent to an activating group) is 1. The number of hydrogen-bond donors (Lipinski definition) is 2. The van der Waals surface area contributed by atoms with E-state index in [9.17, 15) is 4.79 Å². The van der Waals surface area contributed by atoms with Gasteiger partial charge >= 0.3 is 0 Å². The second-order valence-corrected chi connectivity index (χ2v) is 5.46. The predicted octanol–water partition coefficient (Wildman–Crippen LogP) is 2.85. The minimum Gasteiger partial charge on any atom is -0.326 e. The maximum atomic E-state index is 11.9. The first-order valence-corrected chi connectivity index (χ1v) is 7.50.